The first-order chi connectivity index (χ1) is 8.99. The van der Waals surface area contributed by atoms with Gasteiger partial charge in [0.1, 0.15) is 17.6 Å². The van der Waals surface area contributed by atoms with E-state index in [4.69, 9.17) is 15.2 Å². The number of nitrogens with one attached hydrogen (secondary N) is 1. The predicted molar refractivity (Wildman–Crippen MR) is 71.2 cm³/mol. The highest BCUT2D eigenvalue weighted by Crippen LogP contribution is 2.29. The van der Waals surface area contributed by atoms with Gasteiger partial charge in [0.15, 0.2) is 0 Å². The molecule has 0 aromatic heterocycles. The van der Waals surface area contributed by atoms with Gasteiger partial charge in [-0.1, -0.05) is 6.07 Å². The molecule has 106 valence electrons. The minimum atomic E-state index is -1.20. The molecule has 0 radical (unpaired) electrons. The quantitative estimate of drug-likeness (QED) is 0.657. The first-order valence-electron chi connectivity index (χ1n) is 5.92. The largest absolute Gasteiger partial charge is 0.497 e. The van der Waals surface area contributed by atoms with Crippen molar-refractivity contribution in [2.45, 2.75) is 19.1 Å². The molecule has 0 aliphatic rings. The molecule has 6 heteroatoms. The number of carbonyl (C=O) groups excluding carboxylic acids is 1. The van der Waals surface area contributed by atoms with Crippen LogP contribution in [-0.2, 0) is 4.79 Å². The Morgan fingerprint density at radius 3 is 2.63 bits per heavy atom. The lowest BCUT2D eigenvalue weighted by Gasteiger charge is -2.19. The Labute approximate surface area is 112 Å². The Balaban J connectivity index is 2.76. The molecule has 2 atom stereocenters. The number of benzene rings is 1. The van der Waals surface area contributed by atoms with Gasteiger partial charge in [0, 0.05) is 24.2 Å². The van der Waals surface area contributed by atoms with Crippen molar-refractivity contribution in [2.75, 3.05) is 20.8 Å². The second-order valence-electron chi connectivity index (χ2n) is 4.16. The van der Waals surface area contributed by atoms with Crippen LogP contribution in [0, 0.1) is 0 Å². The Morgan fingerprint density at radius 2 is 2.11 bits per heavy atom. The van der Waals surface area contributed by atoms with Crippen molar-refractivity contribution in [3.8, 4) is 11.5 Å². The molecular weight excluding hydrogens is 248 g/mol. The molecule has 19 heavy (non-hydrogen) atoms. The summed E-state index contributed by atoms with van der Waals surface area (Å²) >= 11 is 0. The third kappa shape index (κ3) is 4.11. The number of aliphatic hydroxyl groups excluding tert-OH is 1. The second-order valence-corrected chi connectivity index (χ2v) is 4.16. The first kappa shape index (κ1) is 15.3. The van der Waals surface area contributed by atoms with E-state index >= 15 is 0 Å². The van der Waals surface area contributed by atoms with Crippen molar-refractivity contribution in [3.63, 3.8) is 0 Å². The maximum atomic E-state index is 10.7. The Kier molecular flexibility index (Phi) is 5.59. The molecule has 0 fully saturated rings. The molecule has 1 amide bonds. The fraction of sp³-hybridized carbons (Fsp3) is 0.462. The standard InChI is InChI=1S/C13H20N2O4/c1-8(15-7-11(16)13(14)17)10-5-4-9(18-2)6-12(10)19-3/h4-6,8,11,15-16H,7H2,1-3H3,(H2,14,17). The van der Waals surface area contributed by atoms with Crippen molar-refractivity contribution in [3.05, 3.63) is 23.8 Å². The second kappa shape index (κ2) is 6.96. The van der Waals surface area contributed by atoms with Crippen LogP contribution in [0.2, 0.25) is 0 Å². The van der Waals surface area contributed by atoms with E-state index in [-0.39, 0.29) is 12.6 Å². The van der Waals surface area contributed by atoms with Gasteiger partial charge in [-0.25, -0.2) is 0 Å². The summed E-state index contributed by atoms with van der Waals surface area (Å²) in [5.41, 5.74) is 5.89. The van der Waals surface area contributed by atoms with Crippen molar-refractivity contribution in [2.24, 2.45) is 5.73 Å². The average molecular weight is 268 g/mol. The van der Waals surface area contributed by atoms with Gasteiger partial charge in [-0.2, -0.15) is 0 Å². The molecule has 6 nitrogen and oxygen atoms in total. The molecule has 0 saturated carbocycles. The maximum Gasteiger partial charge on any atom is 0.247 e. The van der Waals surface area contributed by atoms with Crippen LogP contribution < -0.4 is 20.5 Å². The summed E-state index contributed by atoms with van der Waals surface area (Å²) in [6.07, 6.45) is -1.20. The van der Waals surface area contributed by atoms with E-state index in [2.05, 4.69) is 5.32 Å². The van der Waals surface area contributed by atoms with Crippen molar-refractivity contribution < 1.29 is 19.4 Å². The van der Waals surface area contributed by atoms with E-state index in [1.807, 2.05) is 19.1 Å². The molecule has 1 aromatic carbocycles. The van der Waals surface area contributed by atoms with Gasteiger partial charge in [-0.3, -0.25) is 4.79 Å². The molecular formula is C13H20N2O4. The third-order valence-corrected chi connectivity index (χ3v) is 2.85. The fourth-order valence-corrected chi connectivity index (χ4v) is 1.68. The zero-order chi connectivity index (χ0) is 14.4. The van der Waals surface area contributed by atoms with Gasteiger partial charge >= 0.3 is 0 Å². The van der Waals surface area contributed by atoms with Crippen LogP contribution in [0.3, 0.4) is 0 Å². The number of hydrogen-bond acceptors (Lipinski definition) is 5. The van der Waals surface area contributed by atoms with Gasteiger partial charge in [0.2, 0.25) is 5.91 Å². The van der Waals surface area contributed by atoms with E-state index in [0.29, 0.717) is 11.5 Å². The fourth-order valence-electron chi connectivity index (χ4n) is 1.68. The molecule has 1 rings (SSSR count). The summed E-state index contributed by atoms with van der Waals surface area (Å²) in [5.74, 6) is 0.624. The van der Waals surface area contributed by atoms with Gasteiger partial charge in [0.25, 0.3) is 0 Å². The number of primary amides is 1. The molecule has 4 N–H and O–H groups in total. The summed E-state index contributed by atoms with van der Waals surface area (Å²) in [6.45, 7) is 1.99. The number of hydrogen-bond donors (Lipinski definition) is 3. The molecule has 0 bridgehead atoms. The van der Waals surface area contributed by atoms with Gasteiger partial charge in [0.05, 0.1) is 14.2 Å². The zero-order valence-electron chi connectivity index (χ0n) is 11.3. The smallest absolute Gasteiger partial charge is 0.247 e. The SMILES string of the molecule is COc1ccc(C(C)NCC(O)C(N)=O)c(OC)c1. The number of methoxy groups -OCH3 is 2. The normalized spacial score (nSPS) is 13.7. The third-order valence-electron chi connectivity index (χ3n) is 2.85. The van der Waals surface area contributed by atoms with Crippen molar-refractivity contribution in [1.29, 1.82) is 0 Å². The van der Waals surface area contributed by atoms with E-state index in [1.165, 1.54) is 0 Å². The van der Waals surface area contributed by atoms with E-state index < -0.39 is 12.0 Å². The molecule has 2 unspecified atom stereocenters. The van der Waals surface area contributed by atoms with Crippen LogP contribution in [0.5, 0.6) is 11.5 Å². The van der Waals surface area contributed by atoms with Crippen molar-refractivity contribution >= 4 is 5.91 Å². The summed E-state index contributed by atoms with van der Waals surface area (Å²) in [5, 5.41) is 12.4. The van der Waals surface area contributed by atoms with E-state index in [9.17, 15) is 9.90 Å². The summed E-state index contributed by atoms with van der Waals surface area (Å²) < 4.78 is 10.4. The molecule has 0 aliphatic heterocycles. The molecule has 1 aromatic rings. The minimum Gasteiger partial charge on any atom is -0.497 e. The van der Waals surface area contributed by atoms with Crippen LogP contribution in [0.15, 0.2) is 18.2 Å². The van der Waals surface area contributed by atoms with E-state index in [1.54, 1.807) is 20.3 Å². The Morgan fingerprint density at radius 1 is 1.42 bits per heavy atom. The molecule has 0 aliphatic carbocycles. The lowest BCUT2D eigenvalue weighted by atomic mass is 10.1. The lowest BCUT2D eigenvalue weighted by Crippen LogP contribution is -2.38. The van der Waals surface area contributed by atoms with Crippen LogP contribution in [0.25, 0.3) is 0 Å². The molecule has 0 saturated heterocycles. The average Bonchev–Trinajstić information content (AvgIpc) is 2.43. The Hall–Kier alpha value is -1.79. The van der Waals surface area contributed by atoms with Crippen LogP contribution in [0.4, 0.5) is 0 Å². The summed E-state index contributed by atoms with van der Waals surface area (Å²) in [7, 11) is 3.16. The highest BCUT2D eigenvalue weighted by molar-refractivity contribution is 5.78. The van der Waals surface area contributed by atoms with Gasteiger partial charge < -0.3 is 25.6 Å². The first-order valence-corrected chi connectivity index (χ1v) is 5.92. The number of nitrogens with two attached hydrogens (primary N) is 1. The predicted octanol–water partition coefficient (Wildman–Crippen LogP) is 0.201. The molecule has 0 spiro atoms. The summed E-state index contributed by atoms with van der Waals surface area (Å²) in [6, 6.07) is 5.36. The number of rotatable bonds is 7. The highest BCUT2D eigenvalue weighted by atomic mass is 16.5. The maximum absolute atomic E-state index is 10.7. The van der Waals surface area contributed by atoms with Crippen LogP contribution in [-0.4, -0.2) is 37.9 Å². The number of carbonyl (C=O) groups is 1. The van der Waals surface area contributed by atoms with Crippen molar-refractivity contribution in [1.82, 2.24) is 5.32 Å². The topological polar surface area (TPSA) is 93.8 Å². The highest BCUT2D eigenvalue weighted by Gasteiger charge is 2.15. The number of ether oxygens (including phenoxy) is 2. The van der Waals surface area contributed by atoms with E-state index in [0.717, 1.165) is 5.56 Å². The zero-order valence-corrected chi connectivity index (χ0v) is 11.3. The lowest BCUT2D eigenvalue weighted by molar-refractivity contribution is -0.125. The minimum absolute atomic E-state index is 0.0890. The number of amides is 1. The summed E-state index contributed by atoms with van der Waals surface area (Å²) in [4.78, 5) is 10.7. The monoisotopic (exact) mass is 268 g/mol. The van der Waals surface area contributed by atoms with Gasteiger partial charge in [-0.15, -0.1) is 0 Å². The van der Waals surface area contributed by atoms with Crippen LogP contribution >= 0.6 is 0 Å². The molecule has 0 heterocycles. The van der Waals surface area contributed by atoms with Crippen LogP contribution in [0.1, 0.15) is 18.5 Å². The van der Waals surface area contributed by atoms with Gasteiger partial charge in [-0.05, 0) is 13.0 Å². The Bertz CT molecular complexity index is 437. The number of aliphatic hydroxyl groups is 1.